The van der Waals surface area contributed by atoms with Gasteiger partial charge in [-0.1, -0.05) is 53.5 Å². The zero-order valence-electron chi connectivity index (χ0n) is 13.8. The average molecular weight is 368 g/mol. The summed E-state index contributed by atoms with van der Waals surface area (Å²) >= 11 is 12.5. The van der Waals surface area contributed by atoms with Crippen LogP contribution in [-0.4, -0.2) is 14.6 Å². The SMILES string of the molecule is Cc1cn2nc(-c3ccccc3Cl)c(-c3ccc(Cl)cc3)c2nc1C. The highest BCUT2D eigenvalue weighted by molar-refractivity contribution is 6.33. The summed E-state index contributed by atoms with van der Waals surface area (Å²) in [5, 5.41) is 6.14. The molecular formula is C20H15Cl2N3. The van der Waals surface area contributed by atoms with Gasteiger partial charge in [-0.25, -0.2) is 9.50 Å². The van der Waals surface area contributed by atoms with E-state index in [1.54, 1.807) is 0 Å². The highest BCUT2D eigenvalue weighted by atomic mass is 35.5. The molecule has 0 saturated carbocycles. The first-order valence-corrected chi connectivity index (χ1v) is 8.67. The van der Waals surface area contributed by atoms with Gasteiger partial charge < -0.3 is 0 Å². The van der Waals surface area contributed by atoms with Crippen LogP contribution in [0.1, 0.15) is 11.3 Å². The molecule has 0 aliphatic carbocycles. The minimum Gasteiger partial charge on any atom is -0.233 e. The fraction of sp³-hybridized carbons (Fsp3) is 0.100. The molecule has 25 heavy (non-hydrogen) atoms. The van der Waals surface area contributed by atoms with Crippen LogP contribution < -0.4 is 0 Å². The molecule has 0 radical (unpaired) electrons. The highest BCUT2D eigenvalue weighted by Crippen LogP contribution is 2.37. The van der Waals surface area contributed by atoms with Crippen LogP contribution in [-0.2, 0) is 0 Å². The van der Waals surface area contributed by atoms with Crippen molar-refractivity contribution in [3.63, 3.8) is 0 Å². The first kappa shape index (κ1) is 16.1. The van der Waals surface area contributed by atoms with E-state index in [4.69, 9.17) is 33.3 Å². The number of benzene rings is 2. The lowest BCUT2D eigenvalue weighted by Crippen LogP contribution is -1.95. The number of nitrogens with zero attached hydrogens (tertiary/aromatic N) is 3. The van der Waals surface area contributed by atoms with Crippen molar-refractivity contribution in [1.29, 1.82) is 0 Å². The van der Waals surface area contributed by atoms with Crippen LogP contribution in [0.3, 0.4) is 0 Å². The lowest BCUT2D eigenvalue weighted by atomic mass is 10.0. The molecule has 2 aromatic heterocycles. The first-order valence-electron chi connectivity index (χ1n) is 7.92. The van der Waals surface area contributed by atoms with Gasteiger partial charge in [0.25, 0.3) is 0 Å². The Kier molecular flexibility index (Phi) is 3.98. The van der Waals surface area contributed by atoms with E-state index in [-0.39, 0.29) is 0 Å². The van der Waals surface area contributed by atoms with Crippen molar-refractivity contribution in [2.45, 2.75) is 13.8 Å². The first-order chi connectivity index (χ1) is 12.0. The molecule has 5 heteroatoms. The van der Waals surface area contributed by atoms with E-state index in [0.29, 0.717) is 10.0 Å². The van der Waals surface area contributed by atoms with Gasteiger partial charge in [0.2, 0.25) is 0 Å². The van der Waals surface area contributed by atoms with Gasteiger partial charge in [-0.05, 0) is 43.2 Å². The fourth-order valence-corrected chi connectivity index (χ4v) is 3.22. The Labute approximate surface area is 155 Å². The average Bonchev–Trinajstić information content (AvgIpc) is 2.94. The fourth-order valence-electron chi connectivity index (χ4n) is 2.87. The standard InChI is InChI=1S/C20H15Cl2N3/c1-12-11-25-20(23-13(12)2)18(14-7-9-15(21)10-8-14)19(24-25)16-5-3-4-6-17(16)22/h3-11H,1-2H3. The largest absolute Gasteiger partial charge is 0.233 e. The number of hydrogen-bond donors (Lipinski definition) is 0. The Bertz CT molecular complexity index is 1080. The molecule has 0 atom stereocenters. The third kappa shape index (κ3) is 2.80. The van der Waals surface area contributed by atoms with Gasteiger partial charge >= 0.3 is 0 Å². The molecule has 4 aromatic rings. The van der Waals surface area contributed by atoms with Gasteiger partial charge in [0.15, 0.2) is 5.65 Å². The Balaban J connectivity index is 2.10. The van der Waals surface area contributed by atoms with E-state index in [1.165, 1.54) is 0 Å². The van der Waals surface area contributed by atoms with Gasteiger partial charge in [-0.15, -0.1) is 0 Å². The Morgan fingerprint density at radius 3 is 2.36 bits per heavy atom. The third-order valence-corrected chi connectivity index (χ3v) is 4.89. The predicted molar refractivity (Wildman–Crippen MR) is 103 cm³/mol. The molecule has 0 aliphatic rings. The number of fused-ring (bicyclic) bond motifs is 1. The van der Waals surface area contributed by atoms with Crippen molar-refractivity contribution in [3.05, 3.63) is 76.0 Å². The van der Waals surface area contributed by atoms with Crippen molar-refractivity contribution < 1.29 is 0 Å². The van der Waals surface area contributed by atoms with Crippen molar-refractivity contribution in [1.82, 2.24) is 14.6 Å². The van der Waals surface area contributed by atoms with Gasteiger partial charge in [0, 0.05) is 22.5 Å². The van der Waals surface area contributed by atoms with E-state index in [9.17, 15) is 0 Å². The Hall–Kier alpha value is -2.36. The quantitative estimate of drug-likeness (QED) is 0.435. The molecule has 2 heterocycles. The van der Waals surface area contributed by atoms with E-state index in [1.807, 2.05) is 73.1 Å². The minimum atomic E-state index is 0.662. The summed E-state index contributed by atoms with van der Waals surface area (Å²) < 4.78 is 1.82. The molecule has 0 bridgehead atoms. The molecule has 0 amide bonds. The van der Waals surface area contributed by atoms with Crippen molar-refractivity contribution in [2.24, 2.45) is 0 Å². The molecule has 0 N–H and O–H groups in total. The van der Waals surface area contributed by atoms with Crippen LogP contribution in [0.15, 0.2) is 54.7 Å². The zero-order valence-corrected chi connectivity index (χ0v) is 15.3. The summed E-state index contributed by atoms with van der Waals surface area (Å²) in [6.45, 7) is 4.03. The predicted octanol–water partition coefficient (Wildman–Crippen LogP) is 5.99. The highest BCUT2D eigenvalue weighted by Gasteiger charge is 2.19. The van der Waals surface area contributed by atoms with Crippen LogP contribution in [0.25, 0.3) is 28.0 Å². The maximum absolute atomic E-state index is 6.44. The molecular weight excluding hydrogens is 353 g/mol. The lowest BCUT2D eigenvalue weighted by molar-refractivity contribution is 0.918. The molecule has 0 unspecified atom stereocenters. The molecule has 0 aliphatic heterocycles. The second-order valence-corrected chi connectivity index (χ2v) is 6.83. The number of aromatic nitrogens is 3. The van der Waals surface area contributed by atoms with Crippen molar-refractivity contribution >= 4 is 28.8 Å². The lowest BCUT2D eigenvalue weighted by Gasteiger charge is -2.06. The van der Waals surface area contributed by atoms with Crippen LogP contribution in [0, 0.1) is 13.8 Å². The number of hydrogen-bond acceptors (Lipinski definition) is 2. The summed E-state index contributed by atoms with van der Waals surface area (Å²) in [6, 6.07) is 15.4. The minimum absolute atomic E-state index is 0.662. The monoisotopic (exact) mass is 367 g/mol. The zero-order chi connectivity index (χ0) is 17.6. The molecule has 3 nitrogen and oxygen atoms in total. The van der Waals surface area contributed by atoms with Gasteiger partial charge in [-0.3, -0.25) is 0 Å². The number of halogens is 2. The van der Waals surface area contributed by atoms with Crippen LogP contribution in [0.2, 0.25) is 10.0 Å². The summed E-state index contributed by atoms with van der Waals surface area (Å²) in [7, 11) is 0. The van der Waals surface area contributed by atoms with Crippen LogP contribution in [0.5, 0.6) is 0 Å². The van der Waals surface area contributed by atoms with Crippen molar-refractivity contribution in [3.8, 4) is 22.4 Å². The van der Waals surface area contributed by atoms with Crippen LogP contribution in [0.4, 0.5) is 0 Å². The maximum atomic E-state index is 6.44. The van der Waals surface area contributed by atoms with E-state index < -0.39 is 0 Å². The topological polar surface area (TPSA) is 30.2 Å². The Morgan fingerprint density at radius 2 is 1.64 bits per heavy atom. The second kappa shape index (κ2) is 6.17. The molecule has 124 valence electrons. The smallest absolute Gasteiger partial charge is 0.163 e. The molecule has 0 spiro atoms. The maximum Gasteiger partial charge on any atom is 0.163 e. The molecule has 4 rings (SSSR count). The summed E-state index contributed by atoms with van der Waals surface area (Å²) in [6.07, 6.45) is 2.00. The normalized spacial score (nSPS) is 11.2. The molecule has 0 fully saturated rings. The van der Waals surface area contributed by atoms with Crippen molar-refractivity contribution in [2.75, 3.05) is 0 Å². The van der Waals surface area contributed by atoms with Gasteiger partial charge in [0.05, 0.1) is 10.6 Å². The van der Waals surface area contributed by atoms with Gasteiger partial charge in [0.1, 0.15) is 5.69 Å². The Morgan fingerprint density at radius 1 is 0.920 bits per heavy atom. The van der Waals surface area contributed by atoms with Crippen LogP contribution >= 0.6 is 23.2 Å². The van der Waals surface area contributed by atoms with E-state index >= 15 is 0 Å². The summed E-state index contributed by atoms with van der Waals surface area (Å²) in [4.78, 5) is 4.77. The summed E-state index contributed by atoms with van der Waals surface area (Å²) in [5.74, 6) is 0. The summed E-state index contributed by atoms with van der Waals surface area (Å²) in [5.41, 5.74) is 6.52. The molecule has 2 aromatic carbocycles. The number of rotatable bonds is 2. The van der Waals surface area contributed by atoms with Gasteiger partial charge in [-0.2, -0.15) is 5.10 Å². The van der Waals surface area contributed by atoms with E-state index in [0.717, 1.165) is 39.3 Å². The van der Waals surface area contributed by atoms with E-state index in [2.05, 4.69) is 0 Å². The third-order valence-electron chi connectivity index (χ3n) is 4.31. The number of aryl methyl sites for hydroxylation is 2. The molecule has 0 saturated heterocycles. The second-order valence-electron chi connectivity index (χ2n) is 5.99.